The maximum atomic E-state index is 11.8. The van der Waals surface area contributed by atoms with Gasteiger partial charge in [0.2, 0.25) is 5.95 Å². The normalized spacial score (nSPS) is 11.0. The lowest BCUT2D eigenvalue weighted by Gasteiger charge is -2.05. The second-order valence-corrected chi connectivity index (χ2v) is 4.73. The first kappa shape index (κ1) is 14.9. The Morgan fingerprint density at radius 1 is 1.33 bits per heavy atom. The summed E-state index contributed by atoms with van der Waals surface area (Å²) in [5, 5.41) is 12.9. The van der Waals surface area contributed by atoms with Crippen LogP contribution in [0.2, 0.25) is 0 Å². The van der Waals surface area contributed by atoms with Crippen LogP contribution >= 0.6 is 0 Å². The van der Waals surface area contributed by atoms with Crippen molar-refractivity contribution in [2.24, 2.45) is 5.10 Å². The van der Waals surface area contributed by atoms with Gasteiger partial charge in [-0.15, -0.1) is 0 Å². The van der Waals surface area contributed by atoms with E-state index < -0.39 is 0 Å². The number of H-pyrrole nitrogens is 1. The summed E-state index contributed by atoms with van der Waals surface area (Å²) in [5.41, 5.74) is 5.64. The quantitative estimate of drug-likeness (QED) is 0.572. The minimum atomic E-state index is -0.260. The number of nitrogens with one attached hydrogen (secondary N) is 2. The number of anilines is 1. The van der Waals surface area contributed by atoms with Gasteiger partial charge in [-0.2, -0.15) is 5.10 Å². The average Bonchev–Trinajstić information content (AvgIpc) is 2.45. The largest absolute Gasteiger partial charge is 0.396 e. The lowest BCUT2D eigenvalue weighted by atomic mass is 10.2. The van der Waals surface area contributed by atoms with Crippen molar-refractivity contribution in [3.05, 3.63) is 57.0 Å². The van der Waals surface area contributed by atoms with Crippen molar-refractivity contribution in [2.75, 3.05) is 12.0 Å². The molecule has 0 aliphatic carbocycles. The van der Waals surface area contributed by atoms with Gasteiger partial charge in [0.15, 0.2) is 0 Å². The Bertz CT molecular complexity index is 690. The number of aryl methyl sites for hydroxylation is 2. The molecule has 0 saturated heterocycles. The molecule has 0 unspecified atom stereocenters. The summed E-state index contributed by atoms with van der Waals surface area (Å²) in [4.78, 5) is 18.6. The number of hydrogen-bond acceptors (Lipinski definition) is 5. The molecule has 1 heterocycles. The molecule has 0 atom stereocenters. The molecular formula is C15H18N4O2. The van der Waals surface area contributed by atoms with E-state index >= 15 is 0 Å². The third-order valence-electron chi connectivity index (χ3n) is 3.05. The summed E-state index contributed by atoms with van der Waals surface area (Å²) in [7, 11) is 0. The molecule has 110 valence electrons. The van der Waals surface area contributed by atoms with Crippen LogP contribution in [0.25, 0.3) is 0 Å². The highest BCUT2D eigenvalue weighted by atomic mass is 16.3. The van der Waals surface area contributed by atoms with Crippen LogP contribution in [0.3, 0.4) is 0 Å². The van der Waals surface area contributed by atoms with E-state index in [0.29, 0.717) is 17.7 Å². The minimum Gasteiger partial charge on any atom is -0.396 e. The number of rotatable bonds is 5. The number of benzene rings is 1. The zero-order chi connectivity index (χ0) is 15.2. The molecule has 0 aliphatic heterocycles. The lowest BCUT2D eigenvalue weighted by molar-refractivity contribution is 0.298. The molecule has 1 aromatic heterocycles. The summed E-state index contributed by atoms with van der Waals surface area (Å²) in [5.74, 6) is 0.280. The topological polar surface area (TPSA) is 90.4 Å². The minimum absolute atomic E-state index is 0.0794. The van der Waals surface area contributed by atoms with Gasteiger partial charge in [-0.1, -0.05) is 29.8 Å². The third-order valence-corrected chi connectivity index (χ3v) is 3.05. The van der Waals surface area contributed by atoms with Crippen molar-refractivity contribution in [1.82, 2.24) is 9.97 Å². The van der Waals surface area contributed by atoms with Crippen LogP contribution in [-0.2, 0) is 6.42 Å². The Hall–Kier alpha value is -2.47. The number of nitrogens with zero attached hydrogens (tertiary/aromatic N) is 2. The second-order valence-electron chi connectivity index (χ2n) is 4.73. The van der Waals surface area contributed by atoms with Gasteiger partial charge in [-0.25, -0.2) is 10.4 Å². The van der Waals surface area contributed by atoms with E-state index in [0.717, 1.165) is 5.56 Å². The first-order valence-electron chi connectivity index (χ1n) is 6.66. The van der Waals surface area contributed by atoms with Crippen molar-refractivity contribution in [3.8, 4) is 0 Å². The summed E-state index contributed by atoms with van der Waals surface area (Å²) in [6.07, 6.45) is 1.94. The van der Waals surface area contributed by atoms with Gasteiger partial charge in [0, 0.05) is 18.6 Å². The summed E-state index contributed by atoms with van der Waals surface area (Å²) in [6.45, 7) is 3.67. The first-order chi connectivity index (χ1) is 10.1. The Morgan fingerprint density at radius 3 is 2.67 bits per heavy atom. The Morgan fingerprint density at radius 2 is 2.05 bits per heavy atom. The van der Waals surface area contributed by atoms with Gasteiger partial charge >= 0.3 is 0 Å². The fourth-order valence-corrected chi connectivity index (χ4v) is 1.89. The lowest BCUT2D eigenvalue weighted by Crippen LogP contribution is -2.19. The van der Waals surface area contributed by atoms with Crippen LogP contribution in [0.4, 0.5) is 5.95 Å². The molecular weight excluding hydrogens is 268 g/mol. The van der Waals surface area contributed by atoms with Crippen LogP contribution in [0.5, 0.6) is 0 Å². The first-order valence-corrected chi connectivity index (χ1v) is 6.66. The Labute approximate surface area is 122 Å². The van der Waals surface area contributed by atoms with E-state index in [-0.39, 0.29) is 18.1 Å². The van der Waals surface area contributed by atoms with E-state index in [1.54, 1.807) is 13.1 Å². The smallest absolute Gasteiger partial charge is 0.255 e. The number of hydrazone groups is 1. The molecule has 0 bridgehead atoms. The van der Waals surface area contributed by atoms with Crippen LogP contribution < -0.4 is 11.0 Å². The summed E-state index contributed by atoms with van der Waals surface area (Å²) in [6, 6.07) is 7.89. The van der Waals surface area contributed by atoms with Gasteiger partial charge < -0.3 is 5.11 Å². The molecule has 2 rings (SSSR count). The van der Waals surface area contributed by atoms with Crippen LogP contribution in [0.15, 0.2) is 34.2 Å². The van der Waals surface area contributed by atoms with Crippen LogP contribution in [0, 0.1) is 13.8 Å². The number of aromatic nitrogens is 2. The predicted molar refractivity (Wildman–Crippen MR) is 82.8 cm³/mol. The summed E-state index contributed by atoms with van der Waals surface area (Å²) >= 11 is 0. The zero-order valence-corrected chi connectivity index (χ0v) is 12.1. The maximum Gasteiger partial charge on any atom is 0.255 e. The van der Waals surface area contributed by atoms with Gasteiger partial charge in [-0.05, 0) is 19.4 Å². The average molecular weight is 286 g/mol. The summed E-state index contributed by atoms with van der Waals surface area (Å²) < 4.78 is 0. The van der Waals surface area contributed by atoms with Crippen molar-refractivity contribution in [1.29, 1.82) is 0 Å². The molecule has 0 fully saturated rings. The predicted octanol–water partition coefficient (Wildman–Crippen LogP) is 1.37. The van der Waals surface area contributed by atoms with Gasteiger partial charge in [0.05, 0.1) is 11.9 Å². The van der Waals surface area contributed by atoms with Crippen molar-refractivity contribution in [3.63, 3.8) is 0 Å². The fraction of sp³-hybridized carbons (Fsp3) is 0.267. The highest BCUT2D eigenvalue weighted by Crippen LogP contribution is 2.04. The van der Waals surface area contributed by atoms with Crippen molar-refractivity contribution in [2.45, 2.75) is 20.3 Å². The van der Waals surface area contributed by atoms with Crippen LogP contribution in [-0.4, -0.2) is 27.9 Å². The van der Waals surface area contributed by atoms with E-state index in [2.05, 4.69) is 20.5 Å². The van der Waals surface area contributed by atoms with Gasteiger partial charge in [0.1, 0.15) is 0 Å². The maximum absolute atomic E-state index is 11.8. The number of aliphatic hydroxyl groups excluding tert-OH is 1. The van der Waals surface area contributed by atoms with E-state index in [9.17, 15) is 4.79 Å². The molecule has 0 saturated carbocycles. The zero-order valence-electron chi connectivity index (χ0n) is 12.1. The van der Waals surface area contributed by atoms with Gasteiger partial charge in [-0.3, -0.25) is 9.78 Å². The van der Waals surface area contributed by atoms with Gasteiger partial charge in [0.25, 0.3) is 5.56 Å². The number of hydrogen-bond donors (Lipinski definition) is 3. The fourth-order valence-electron chi connectivity index (χ4n) is 1.89. The highest BCUT2D eigenvalue weighted by Gasteiger charge is 2.06. The number of aromatic amines is 1. The van der Waals surface area contributed by atoms with E-state index in [1.807, 2.05) is 31.2 Å². The third kappa shape index (κ3) is 4.00. The van der Waals surface area contributed by atoms with E-state index in [4.69, 9.17) is 5.11 Å². The molecule has 0 radical (unpaired) electrons. The standard InChI is InChI=1S/C15H18N4O2/c1-10-3-5-12(6-4-10)9-16-19-15-17-11(2)13(7-8-20)14(21)18-15/h3-6,9,20H,7-8H2,1-2H3,(H2,17,18,19,21)/b16-9-. The second kappa shape index (κ2) is 6.81. The number of aliphatic hydroxyl groups is 1. The molecule has 0 aliphatic rings. The molecule has 0 amide bonds. The van der Waals surface area contributed by atoms with E-state index in [1.165, 1.54) is 5.56 Å². The Balaban J connectivity index is 2.10. The highest BCUT2D eigenvalue weighted by molar-refractivity contribution is 5.80. The molecule has 1 aromatic carbocycles. The van der Waals surface area contributed by atoms with Crippen molar-refractivity contribution >= 4 is 12.2 Å². The molecule has 6 heteroatoms. The molecule has 2 aromatic rings. The van der Waals surface area contributed by atoms with Crippen molar-refractivity contribution < 1.29 is 5.11 Å². The molecule has 21 heavy (non-hydrogen) atoms. The molecule has 3 N–H and O–H groups in total. The molecule has 0 spiro atoms. The van der Waals surface area contributed by atoms with Crippen LogP contribution in [0.1, 0.15) is 22.4 Å². The monoisotopic (exact) mass is 286 g/mol. The Kier molecular flexibility index (Phi) is 4.84. The molecule has 6 nitrogen and oxygen atoms in total. The SMILES string of the molecule is Cc1ccc(/C=N\Nc2nc(C)c(CCO)c(=O)[nH]2)cc1.